The molecule has 3 rings (SSSR count). The maximum absolute atomic E-state index is 12.8. The predicted octanol–water partition coefficient (Wildman–Crippen LogP) is 3.83. The number of fused-ring (bicyclic) bond motifs is 1. The molecule has 2 aromatic carbocycles. The van der Waals surface area contributed by atoms with E-state index in [1.54, 1.807) is 42.6 Å². The van der Waals surface area contributed by atoms with Gasteiger partial charge in [0, 0.05) is 11.6 Å². The quantitative estimate of drug-likeness (QED) is 0.737. The molecule has 0 amide bonds. The van der Waals surface area contributed by atoms with Gasteiger partial charge in [-0.05, 0) is 30.7 Å². The first-order chi connectivity index (χ1) is 10.0. The van der Waals surface area contributed by atoms with Crippen LogP contribution < -0.4 is 0 Å². The monoisotopic (exact) mass is 297 g/mol. The van der Waals surface area contributed by atoms with Crippen LogP contribution in [-0.4, -0.2) is 12.4 Å². The van der Waals surface area contributed by atoms with Gasteiger partial charge in [0.1, 0.15) is 0 Å². The maximum atomic E-state index is 12.8. The number of aryl methyl sites for hydroxylation is 1. The zero-order valence-electron chi connectivity index (χ0n) is 11.7. The van der Waals surface area contributed by atoms with Crippen LogP contribution in [0, 0.1) is 6.92 Å². The van der Waals surface area contributed by atoms with E-state index in [-0.39, 0.29) is 4.90 Å². The van der Waals surface area contributed by atoms with E-state index in [0.29, 0.717) is 5.52 Å². The Labute approximate surface area is 124 Å². The molecular weight excluding hydrogens is 282 g/mol. The Balaban J connectivity index is 2.29. The van der Waals surface area contributed by atoms with E-state index in [0.717, 1.165) is 16.5 Å². The first-order valence-corrected chi connectivity index (χ1v) is 8.03. The second-order valence-corrected chi connectivity index (χ2v) is 6.73. The van der Waals surface area contributed by atoms with Crippen molar-refractivity contribution < 1.29 is 8.42 Å². The molecule has 0 bridgehead atoms. The summed E-state index contributed by atoms with van der Waals surface area (Å²) in [5, 5.41) is 0.878. The lowest BCUT2D eigenvalue weighted by atomic mass is 10.1. The molecule has 1 heterocycles. The lowest BCUT2D eigenvalue weighted by Gasteiger charge is -2.09. The van der Waals surface area contributed by atoms with Crippen LogP contribution in [0.15, 0.2) is 66.2 Å². The Morgan fingerprint density at radius 2 is 1.76 bits per heavy atom. The average molecular weight is 297 g/mol. The van der Waals surface area contributed by atoms with E-state index in [1.165, 1.54) is 3.97 Å². The van der Waals surface area contributed by atoms with Gasteiger partial charge in [0.25, 0.3) is 10.0 Å². The number of hydrogen-bond donors (Lipinski definition) is 0. The van der Waals surface area contributed by atoms with Crippen LogP contribution in [0.5, 0.6) is 0 Å². The van der Waals surface area contributed by atoms with Gasteiger partial charge < -0.3 is 0 Å². The highest BCUT2D eigenvalue weighted by Crippen LogP contribution is 2.25. The minimum absolute atomic E-state index is 0.282. The largest absolute Gasteiger partial charge is 0.268 e. The third-order valence-corrected chi connectivity index (χ3v) is 5.20. The van der Waals surface area contributed by atoms with Crippen LogP contribution in [0.4, 0.5) is 0 Å². The molecule has 106 valence electrons. The van der Waals surface area contributed by atoms with Crippen molar-refractivity contribution in [3.8, 4) is 0 Å². The van der Waals surface area contributed by atoms with Gasteiger partial charge in [0.2, 0.25) is 0 Å². The molecule has 3 aromatic rings. The minimum atomic E-state index is -3.60. The molecular formula is C17H15NO2S. The van der Waals surface area contributed by atoms with Crippen LogP contribution in [0.1, 0.15) is 11.1 Å². The molecule has 0 saturated heterocycles. The molecule has 1 aromatic heterocycles. The number of benzene rings is 2. The maximum Gasteiger partial charge on any atom is 0.268 e. The van der Waals surface area contributed by atoms with E-state index in [1.807, 2.05) is 25.1 Å². The molecule has 21 heavy (non-hydrogen) atoms. The summed E-state index contributed by atoms with van der Waals surface area (Å²) in [4.78, 5) is 0.282. The number of aromatic nitrogens is 1. The third kappa shape index (κ3) is 2.17. The zero-order valence-corrected chi connectivity index (χ0v) is 12.5. The lowest BCUT2D eigenvalue weighted by Crippen LogP contribution is -2.12. The van der Waals surface area contributed by atoms with Crippen LogP contribution in [0.25, 0.3) is 17.0 Å². The summed E-state index contributed by atoms with van der Waals surface area (Å²) in [5.41, 5.74) is 2.49. The van der Waals surface area contributed by atoms with Crippen molar-refractivity contribution in [2.45, 2.75) is 11.8 Å². The molecule has 0 spiro atoms. The Bertz CT molecular complexity index is 919. The summed E-state index contributed by atoms with van der Waals surface area (Å²) in [5.74, 6) is 0. The summed E-state index contributed by atoms with van der Waals surface area (Å²) in [6.45, 7) is 5.69. The van der Waals surface area contributed by atoms with E-state index in [9.17, 15) is 8.42 Å². The highest BCUT2D eigenvalue weighted by molar-refractivity contribution is 7.90. The second kappa shape index (κ2) is 4.90. The van der Waals surface area contributed by atoms with E-state index in [2.05, 4.69) is 6.58 Å². The predicted molar refractivity (Wildman–Crippen MR) is 85.8 cm³/mol. The van der Waals surface area contributed by atoms with Crippen molar-refractivity contribution in [1.82, 2.24) is 3.97 Å². The van der Waals surface area contributed by atoms with Crippen molar-refractivity contribution >= 4 is 27.0 Å². The first kappa shape index (κ1) is 13.6. The lowest BCUT2D eigenvalue weighted by molar-refractivity contribution is 0.589. The van der Waals surface area contributed by atoms with Crippen molar-refractivity contribution in [3.05, 3.63) is 72.4 Å². The minimum Gasteiger partial charge on any atom is -0.241 e. The van der Waals surface area contributed by atoms with Crippen molar-refractivity contribution in [2.75, 3.05) is 0 Å². The molecule has 0 unspecified atom stereocenters. The van der Waals surface area contributed by atoms with Crippen LogP contribution >= 0.6 is 0 Å². The number of hydrogen-bond acceptors (Lipinski definition) is 2. The van der Waals surface area contributed by atoms with E-state index in [4.69, 9.17) is 0 Å². The van der Waals surface area contributed by atoms with Gasteiger partial charge in [-0.3, -0.25) is 0 Å². The molecule has 0 aliphatic heterocycles. The summed E-state index contributed by atoms with van der Waals surface area (Å²) < 4.78 is 27.0. The van der Waals surface area contributed by atoms with Crippen molar-refractivity contribution in [3.63, 3.8) is 0 Å². The van der Waals surface area contributed by atoms with Gasteiger partial charge in [-0.2, -0.15) is 0 Å². The molecule has 3 nitrogen and oxygen atoms in total. The topological polar surface area (TPSA) is 39.1 Å². The number of para-hydroxylation sites is 1. The summed E-state index contributed by atoms with van der Waals surface area (Å²) in [7, 11) is -3.60. The first-order valence-electron chi connectivity index (χ1n) is 6.59. The van der Waals surface area contributed by atoms with Crippen LogP contribution in [0.3, 0.4) is 0 Å². The van der Waals surface area contributed by atoms with Crippen molar-refractivity contribution in [2.24, 2.45) is 0 Å². The number of nitrogens with zero attached hydrogens (tertiary/aromatic N) is 1. The molecule has 4 heteroatoms. The van der Waals surface area contributed by atoms with Gasteiger partial charge in [0.15, 0.2) is 0 Å². The molecule has 0 aliphatic carbocycles. The van der Waals surface area contributed by atoms with Crippen molar-refractivity contribution in [1.29, 1.82) is 0 Å². The molecule has 0 fully saturated rings. The smallest absolute Gasteiger partial charge is 0.241 e. The fourth-order valence-corrected chi connectivity index (χ4v) is 3.76. The van der Waals surface area contributed by atoms with E-state index >= 15 is 0 Å². The van der Waals surface area contributed by atoms with Gasteiger partial charge in [-0.25, -0.2) is 12.4 Å². The Hall–Kier alpha value is -2.33. The van der Waals surface area contributed by atoms with Gasteiger partial charge in [0.05, 0.1) is 10.4 Å². The SMILES string of the molecule is C=Cc1cccc2ccn(S(=O)(=O)c3ccc(C)cc3)c12. The third-order valence-electron chi connectivity index (χ3n) is 3.51. The highest BCUT2D eigenvalue weighted by Gasteiger charge is 2.19. The standard InChI is InChI=1S/C17H15NO2S/c1-3-14-5-4-6-15-11-12-18(17(14)15)21(19,20)16-9-7-13(2)8-10-16/h3-12H,1H2,2H3. The molecule has 0 radical (unpaired) electrons. The molecule has 0 atom stereocenters. The fraction of sp³-hybridized carbons (Fsp3) is 0.0588. The van der Waals surface area contributed by atoms with Gasteiger partial charge in [-0.1, -0.05) is 48.6 Å². The molecule has 0 aliphatic rings. The zero-order chi connectivity index (χ0) is 15.0. The summed E-state index contributed by atoms with van der Waals surface area (Å²) in [6, 6.07) is 14.3. The molecule has 0 N–H and O–H groups in total. The number of rotatable bonds is 3. The van der Waals surface area contributed by atoms with E-state index < -0.39 is 10.0 Å². The normalized spacial score (nSPS) is 11.7. The Morgan fingerprint density at radius 3 is 2.43 bits per heavy atom. The van der Waals surface area contributed by atoms with Gasteiger partial charge >= 0.3 is 0 Å². The fourth-order valence-electron chi connectivity index (χ4n) is 2.38. The van der Waals surface area contributed by atoms with Crippen LogP contribution in [-0.2, 0) is 10.0 Å². The summed E-state index contributed by atoms with van der Waals surface area (Å²) in [6.07, 6.45) is 3.26. The Kier molecular flexibility index (Phi) is 3.18. The molecule has 0 saturated carbocycles. The Morgan fingerprint density at radius 1 is 1.05 bits per heavy atom. The average Bonchev–Trinajstić information content (AvgIpc) is 2.92. The summed E-state index contributed by atoms with van der Waals surface area (Å²) >= 11 is 0. The van der Waals surface area contributed by atoms with Gasteiger partial charge in [-0.15, -0.1) is 0 Å². The highest BCUT2D eigenvalue weighted by atomic mass is 32.2. The second-order valence-electron chi connectivity index (χ2n) is 4.92. The van der Waals surface area contributed by atoms with Crippen LogP contribution in [0.2, 0.25) is 0 Å².